The van der Waals surface area contributed by atoms with Crippen LogP contribution >= 0.6 is 11.6 Å². The molecule has 1 amide bonds. The fraction of sp³-hybridized carbons (Fsp3) is 0.240. The number of rotatable bonds is 5. The van der Waals surface area contributed by atoms with Crippen molar-refractivity contribution in [1.82, 2.24) is 4.90 Å². The monoisotopic (exact) mass is 404 g/mol. The second kappa shape index (κ2) is 9.15. The minimum absolute atomic E-state index is 0.0826. The van der Waals surface area contributed by atoms with Crippen molar-refractivity contribution in [2.45, 2.75) is 12.3 Å². The van der Waals surface area contributed by atoms with E-state index in [0.717, 1.165) is 36.9 Å². The Kier molecular flexibility index (Phi) is 6.16. The average Bonchev–Trinajstić information content (AvgIpc) is 2.79. The predicted molar refractivity (Wildman–Crippen MR) is 120 cm³/mol. The summed E-state index contributed by atoms with van der Waals surface area (Å²) in [4.78, 5) is 17.4. The molecule has 1 heterocycles. The second-order valence-corrected chi connectivity index (χ2v) is 7.86. The molecule has 0 saturated carbocycles. The molecule has 0 spiro atoms. The quantitative estimate of drug-likeness (QED) is 0.582. The SMILES string of the molecule is O=C(CC(c1ccccc1)c1ccccc1)N1CCN(c2ccc(Cl)cc2)CC1. The lowest BCUT2D eigenvalue weighted by atomic mass is 9.88. The molecular weight excluding hydrogens is 380 g/mol. The zero-order valence-electron chi connectivity index (χ0n) is 16.4. The molecule has 0 aliphatic carbocycles. The lowest BCUT2D eigenvalue weighted by Gasteiger charge is -2.36. The summed E-state index contributed by atoms with van der Waals surface area (Å²) in [5, 5.41) is 0.746. The van der Waals surface area contributed by atoms with Crippen LogP contribution in [0, 0.1) is 0 Å². The summed E-state index contributed by atoms with van der Waals surface area (Å²) in [6.07, 6.45) is 0.495. The third-order valence-electron chi connectivity index (χ3n) is 5.61. The fourth-order valence-electron chi connectivity index (χ4n) is 3.97. The number of anilines is 1. The van der Waals surface area contributed by atoms with Gasteiger partial charge < -0.3 is 9.80 Å². The maximum absolute atomic E-state index is 13.1. The van der Waals surface area contributed by atoms with Crippen LogP contribution in [0.25, 0.3) is 0 Å². The van der Waals surface area contributed by atoms with Gasteiger partial charge in [0.1, 0.15) is 0 Å². The van der Waals surface area contributed by atoms with Gasteiger partial charge in [0.05, 0.1) is 0 Å². The van der Waals surface area contributed by atoms with Crippen molar-refractivity contribution in [3.05, 3.63) is 101 Å². The summed E-state index contributed by atoms with van der Waals surface area (Å²) >= 11 is 5.99. The normalized spacial score (nSPS) is 14.3. The molecule has 0 atom stereocenters. The zero-order chi connectivity index (χ0) is 20.1. The lowest BCUT2D eigenvalue weighted by Crippen LogP contribution is -2.49. The van der Waals surface area contributed by atoms with Crippen LogP contribution in [0.4, 0.5) is 5.69 Å². The van der Waals surface area contributed by atoms with Gasteiger partial charge in [-0.1, -0.05) is 72.3 Å². The summed E-state index contributed by atoms with van der Waals surface area (Å²) in [5.41, 5.74) is 3.53. The Hall–Kier alpha value is -2.78. The molecule has 148 valence electrons. The van der Waals surface area contributed by atoms with Crippen LogP contribution in [-0.4, -0.2) is 37.0 Å². The van der Waals surface area contributed by atoms with Gasteiger partial charge in [0.15, 0.2) is 0 Å². The van der Waals surface area contributed by atoms with E-state index < -0.39 is 0 Å². The number of carbonyl (C=O) groups excluding carboxylic acids is 1. The van der Waals surface area contributed by atoms with Crippen molar-refractivity contribution < 1.29 is 4.79 Å². The van der Waals surface area contributed by atoms with E-state index in [9.17, 15) is 4.79 Å². The van der Waals surface area contributed by atoms with E-state index in [0.29, 0.717) is 6.42 Å². The Morgan fingerprint density at radius 3 is 1.79 bits per heavy atom. The van der Waals surface area contributed by atoms with E-state index in [1.807, 2.05) is 65.6 Å². The number of halogens is 1. The Labute approximate surface area is 177 Å². The molecule has 3 aromatic carbocycles. The van der Waals surface area contributed by atoms with Crippen molar-refractivity contribution in [3.8, 4) is 0 Å². The smallest absolute Gasteiger partial charge is 0.223 e. The van der Waals surface area contributed by atoms with Crippen LogP contribution in [0.3, 0.4) is 0 Å². The molecule has 0 N–H and O–H groups in total. The molecule has 4 rings (SSSR count). The maximum atomic E-state index is 13.1. The average molecular weight is 405 g/mol. The number of piperazine rings is 1. The molecule has 1 aliphatic heterocycles. The highest BCUT2D eigenvalue weighted by Crippen LogP contribution is 2.29. The highest BCUT2D eigenvalue weighted by molar-refractivity contribution is 6.30. The van der Waals surface area contributed by atoms with E-state index in [2.05, 4.69) is 29.2 Å². The van der Waals surface area contributed by atoms with Gasteiger partial charge in [-0.25, -0.2) is 0 Å². The van der Waals surface area contributed by atoms with Crippen molar-refractivity contribution in [3.63, 3.8) is 0 Å². The lowest BCUT2D eigenvalue weighted by molar-refractivity contribution is -0.131. The topological polar surface area (TPSA) is 23.6 Å². The van der Waals surface area contributed by atoms with Crippen molar-refractivity contribution in [2.24, 2.45) is 0 Å². The molecule has 3 aromatic rings. The van der Waals surface area contributed by atoms with Crippen LogP contribution in [-0.2, 0) is 4.79 Å². The van der Waals surface area contributed by atoms with E-state index in [-0.39, 0.29) is 11.8 Å². The number of amides is 1. The first-order valence-electron chi connectivity index (χ1n) is 10.1. The molecule has 3 nitrogen and oxygen atoms in total. The van der Waals surface area contributed by atoms with E-state index in [4.69, 9.17) is 11.6 Å². The number of carbonyl (C=O) groups is 1. The third-order valence-corrected chi connectivity index (χ3v) is 5.86. The summed E-state index contributed by atoms with van der Waals surface area (Å²) in [6.45, 7) is 3.18. The van der Waals surface area contributed by atoms with E-state index in [1.165, 1.54) is 11.1 Å². The minimum Gasteiger partial charge on any atom is -0.368 e. The number of nitrogens with zero attached hydrogens (tertiary/aromatic N) is 2. The number of hydrogen-bond acceptors (Lipinski definition) is 2. The van der Waals surface area contributed by atoms with Crippen molar-refractivity contribution >= 4 is 23.2 Å². The Balaban J connectivity index is 1.43. The van der Waals surface area contributed by atoms with Gasteiger partial charge in [0.2, 0.25) is 5.91 Å². The van der Waals surface area contributed by atoms with Crippen LogP contribution in [0.5, 0.6) is 0 Å². The molecule has 1 aliphatic rings. The Morgan fingerprint density at radius 2 is 1.28 bits per heavy atom. The predicted octanol–water partition coefficient (Wildman–Crippen LogP) is 5.21. The molecule has 0 radical (unpaired) electrons. The largest absolute Gasteiger partial charge is 0.368 e. The molecular formula is C25H25ClN2O. The van der Waals surface area contributed by atoms with Gasteiger partial charge in [-0.2, -0.15) is 0 Å². The second-order valence-electron chi connectivity index (χ2n) is 7.42. The first kappa shape index (κ1) is 19.5. The van der Waals surface area contributed by atoms with Gasteiger partial charge in [0.25, 0.3) is 0 Å². The van der Waals surface area contributed by atoms with E-state index >= 15 is 0 Å². The highest BCUT2D eigenvalue weighted by Gasteiger charge is 2.25. The summed E-state index contributed by atoms with van der Waals surface area (Å²) in [6, 6.07) is 28.6. The third kappa shape index (κ3) is 4.80. The first-order valence-corrected chi connectivity index (χ1v) is 10.5. The molecule has 1 fully saturated rings. The maximum Gasteiger partial charge on any atom is 0.223 e. The van der Waals surface area contributed by atoms with Crippen LogP contribution < -0.4 is 4.90 Å². The van der Waals surface area contributed by atoms with Crippen LogP contribution in [0.1, 0.15) is 23.5 Å². The Bertz CT molecular complexity index is 881. The van der Waals surface area contributed by atoms with E-state index in [1.54, 1.807) is 0 Å². The van der Waals surface area contributed by atoms with Crippen LogP contribution in [0.2, 0.25) is 5.02 Å². The molecule has 0 aromatic heterocycles. The van der Waals surface area contributed by atoms with Gasteiger partial charge in [-0.15, -0.1) is 0 Å². The number of benzene rings is 3. The Morgan fingerprint density at radius 1 is 0.759 bits per heavy atom. The van der Waals surface area contributed by atoms with Gasteiger partial charge in [-0.05, 0) is 35.4 Å². The van der Waals surface area contributed by atoms with Gasteiger partial charge in [0, 0.05) is 49.2 Å². The van der Waals surface area contributed by atoms with Crippen LogP contribution in [0.15, 0.2) is 84.9 Å². The molecule has 29 heavy (non-hydrogen) atoms. The minimum atomic E-state index is 0.0826. The summed E-state index contributed by atoms with van der Waals surface area (Å²) in [7, 11) is 0. The summed E-state index contributed by atoms with van der Waals surface area (Å²) in [5.74, 6) is 0.303. The molecule has 1 saturated heterocycles. The summed E-state index contributed by atoms with van der Waals surface area (Å²) < 4.78 is 0. The number of hydrogen-bond donors (Lipinski definition) is 0. The molecule has 4 heteroatoms. The zero-order valence-corrected chi connectivity index (χ0v) is 17.1. The fourth-order valence-corrected chi connectivity index (χ4v) is 4.09. The molecule has 0 bridgehead atoms. The first-order chi connectivity index (χ1) is 14.2. The standard InChI is InChI=1S/C25H25ClN2O/c26-22-11-13-23(14-12-22)27-15-17-28(18-16-27)25(29)19-24(20-7-3-1-4-8-20)21-9-5-2-6-10-21/h1-14,24H,15-19H2. The van der Waals surface area contributed by atoms with Gasteiger partial charge >= 0.3 is 0 Å². The van der Waals surface area contributed by atoms with Crippen molar-refractivity contribution in [2.75, 3.05) is 31.1 Å². The highest BCUT2D eigenvalue weighted by atomic mass is 35.5. The van der Waals surface area contributed by atoms with Gasteiger partial charge in [-0.3, -0.25) is 4.79 Å². The van der Waals surface area contributed by atoms with Crippen molar-refractivity contribution in [1.29, 1.82) is 0 Å². The molecule has 0 unspecified atom stereocenters.